The number of nitrogens with one attached hydrogen (secondary N) is 1. The predicted octanol–water partition coefficient (Wildman–Crippen LogP) is 4.66. The third kappa shape index (κ3) is 3.98. The van der Waals surface area contributed by atoms with Crippen LogP contribution < -0.4 is 9.88 Å². The number of rotatable bonds is 4. The molecule has 1 amide bonds. The molecule has 2 heterocycles. The lowest BCUT2D eigenvalue weighted by atomic mass is 10.2. The predicted molar refractivity (Wildman–Crippen MR) is 109 cm³/mol. The summed E-state index contributed by atoms with van der Waals surface area (Å²) >= 11 is 8.80. The van der Waals surface area contributed by atoms with Gasteiger partial charge in [0.05, 0.1) is 5.38 Å². The number of allylic oxidation sites excluding steroid dienone is 1. The molecule has 0 radical (unpaired) electrons. The molecule has 0 saturated carbocycles. The van der Waals surface area contributed by atoms with Gasteiger partial charge in [-0.25, -0.2) is 4.79 Å². The van der Waals surface area contributed by atoms with Crippen molar-refractivity contribution in [3.05, 3.63) is 81.2 Å². The maximum Gasteiger partial charge on any atom is 0.433 e. The summed E-state index contributed by atoms with van der Waals surface area (Å²) in [5.74, 6) is -0.254. The topological polar surface area (TPSA) is 50.0 Å². The molecule has 2 aromatic carbocycles. The quantitative estimate of drug-likeness (QED) is 0.500. The maximum absolute atomic E-state index is 12.8. The maximum atomic E-state index is 12.8. The number of benzene rings is 2. The molecule has 4 nitrogen and oxygen atoms in total. The molecule has 4 rings (SSSR count). The van der Waals surface area contributed by atoms with Crippen LogP contribution >= 0.6 is 34.7 Å². The number of halogens is 1. The van der Waals surface area contributed by atoms with E-state index in [9.17, 15) is 9.59 Å². The van der Waals surface area contributed by atoms with Gasteiger partial charge in [-0.05, 0) is 35.9 Å². The standard InChI is InChI=1S/C20H13ClN2O2S2/c21-14-8-6-13(7-9-14)10-17-19(25)23-16(12-26-20(23)27-17)11-18(24)22-15-4-2-1-3-5-15/h1-10,12H,11H2/p+1/b17-10-. The van der Waals surface area contributed by atoms with Crippen molar-refractivity contribution in [2.24, 2.45) is 0 Å². The average molecular weight is 414 g/mol. The number of fused-ring (bicyclic) bond motifs is 1. The highest BCUT2D eigenvalue weighted by Crippen LogP contribution is 2.35. The zero-order valence-corrected chi connectivity index (χ0v) is 16.4. The van der Waals surface area contributed by atoms with E-state index in [4.69, 9.17) is 11.6 Å². The van der Waals surface area contributed by atoms with Gasteiger partial charge < -0.3 is 5.32 Å². The fourth-order valence-corrected chi connectivity index (χ4v) is 5.00. The van der Waals surface area contributed by atoms with Gasteiger partial charge in [0.1, 0.15) is 11.3 Å². The summed E-state index contributed by atoms with van der Waals surface area (Å²) in [6, 6.07) is 16.6. The first-order valence-electron chi connectivity index (χ1n) is 8.17. The average Bonchev–Trinajstić information content (AvgIpc) is 3.18. The van der Waals surface area contributed by atoms with Crippen molar-refractivity contribution in [3.63, 3.8) is 0 Å². The van der Waals surface area contributed by atoms with Crippen LogP contribution in [0.1, 0.15) is 16.1 Å². The van der Waals surface area contributed by atoms with Crippen LogP contribution in [-0.2, 0) is 11.2 Å². The van der Waals surface area contributed by atoms with Crippen LogP contribution in [-0.4, -0.2) is 11.8 Å². The number of carbonyl (C=O) groups is 2. The highest BCUT2D eigenvalue weighted by Gasteiger charge is 2.40. The molecule has 0 saturated heterocycles. The summed E-state index contributed by atoms with van der Waals surface area (Å²) in [4.78, 5) is 25.8. The Bertz CT molecular complexity index is 1040. The van der Waals surface area contributed by atoms with Crippen LogP contribution in [0.3, 0.4) is 0 Å². The number of hydrogen-bond donors (Lipinski definition) is 1. The number of thioether (sulfide) groups is 1. The second kappa shape index (κ2) is 7.68. The van der Waals surface area contributed by atoms with E-state index in [1.807, 2.05) is 53.9 Å². The molecule has 1 N–H and O–H groups in total. The summed E-state index contributed by atoms with van der Waals surface area (Å²) in [5.41, 5.74) is 2.35. The van der Waals surface area contributed by atoms with Gasteiger partial charge in [0.15, 0.2) is 0 Å². The minimum Gasteiger partial charge on any atom is -0.326 e. The molecule has 0 bridgehead atoms. The summed E-state index contributed by atoms with van der Waals surface area (Å²) in [6.45, 7) is 0. The second-order valence-corrected chi connectivity index (χ2v) is 8.47. The Hall–Kier alpha value is -2.41. The van der Waals surface area contributed by atoms with Gasteiger partial charge in [0.2, 0.25) is 11.6 Å². The molecule has 1 aliphatic heterocycles. The Morgan fingerprint density at radius 3 is 2.59 bits per heavy atom. The van der Waals surface area contributed by atoms with E-state index in [-0.39, 0.29) is 18.2 Å². The Labute approximate surface area is 169 Å². The summed E-state index contributed by atoms with van der Waals surface area (Å²) in [6.07, 6.45) is 1.99. The van der Waals surface area contributed by atoms with Crippen LogP contribution in [0.4, 0.5) is 5.69 Å². The van der Waals surface area contributed by atoms with Crippen molar-refractivity contribution in [2.75, 3.05) is 5.32 Å². The second-order valence-electron chi connectivity index (χ2n) is 5.89. The first-order chi connectivity index (χ1) is 13.1. The van der Waals surface area contributed by atoms with Gasteiger partial charge >= 0.3 is 10.2 Å². The van der Waals surface area contributed by atoms with Gasteiger partial charge in [0.25, 0.3) is 0 Å². The van der Waals surface area contributed by atoms with Crippen molar-refractivity contribution in [1.82, 2.24) is 0 Å². The number of carbonyl (C=O) groups excluding carboxylic acids is 2. The number of anilines is 1. The fraction of sp³-hybridized carbons (Fsp3) is 0.0500. The van der Waals surface area contributed by atoms with Crippen LogP contribution in [0.2, 0.25) is 5.02 Å². The minimum atomic E-state index is -0.151. The Morgan fingerprint density at radius 1 is 1.11 bits per heavy atom. The lowest BCUT2D eigenvalue weighted by molar-refractivity contribution is -0.607. The Kier molecular flexibility index (Phi) is 5.11. The van der Waals surface area contributed by atoms with Gasteiger partial charge in [-0.3, -0.25) is 4.79 Å². The molecule has 1 aromatic heterocycles. The molecule has 134 valence electrons. The van der Waals surface area contributed by atoms with E-state index in [1.165, 1.54) is 23.1 Å². The number of amides is 1. The monoisotopic (exact) mass is 413 g/mol. The zero-order valence-electron chi connectivity index (χ0n) is 14.0. The highest BCUT2D eigenvalue weighted by molar-refractivity contribution is 8.05. The van der Waals surface area contributed by atoms with E-state index in [0.717, 1.165) is 15.6 Å². The van der Waals surface area contributed by atoms with Crippen molar-refractivity contribution < 1.29 is 14.2 Å². The van der Waals surface area contributed by atoms with Crippen LogP contribution in [0.15, 0.2) is 69.2 Å². The first-order valence-corrected chi connectivity index (χ1v) is 10.2. The number of hydrogen-bond acceptors (Lipinski definition) is 4. The van der Waals surface area contributed by atoms with Gasteiger partial charge in [0, 0.05) is 22.5 Å². The number of nitrogens with zero attached hydrogens (tertiary/aromatic N) is 1. The highest BCUT2D eigenvalue weighted by atomic mass is 35.5. The van der Waals surface area contributed by atoms with Gasteiger partial charge in [-0.1, -0.05) is 53.3 Å². The Morgan fingerprint density at radius 2 is 1.85 bits per heavy atom. The molecule has 0 unspecified atom stereocenters. The zero-order chi connectivity index (χ0) is 18.8. The van der Waals surface area contributed by atoms with Crippen molar-refractivity contribution in [1.29, 1.82) is 0 Å². The van der Waals surface area contributed by atoms with E-state index in [1.54, 1.807) is 16.7 Å². The summed E-state index contributed by atoms with van der Waals surface area (Å²) in [7, 11) is 0. The van der Waals surface area contributed by atoms with Crippen molar-refractivity contribution >= 4 is 58.3 Å². The van der Waals surface area contributed by atoms with Crippen LogP contribution in [0.25, 0.3) is 6.08 Å². The van der Waals surface area contributed by atoms with Gasteiger partial charge in [-0.15, -0.1) is 4.57 Å². The van der Waals surface area contributed by atoms with Crippen LogP contribution in [0, 0.1) is 0 Å². The third-order valence-electron chi connectivity index (χ3n) is 3.94. The number of para-hydroxylation sites is 1. The first kappa shape index (κ1) is 18.0. The number of thiazole rings is 1. The summed E-state index contributed by atoms with van der Waals surface area (Å²) in [5, 5.41) is 5.37. The van der Waals surface area contributed by atoms with E-state index in [2.05, 4.69) is 5.32 Å². The van der Waals surface area contributed by atoms with Crippen LogP contribution in [0.5, 0.6) is 0 Å². The molecule has 0 atom stereocenters. The SMILES string of the molecule is O=C(Cc1csc2[n+]1C(=O)/C(=C/c1ccc(Cl)cc1)S2)Nc1ccccc1. The summed E-state index contributed by atoms with van der Waals surface area (Å²) < 4.78 is 2.49. The molecule has 0 spiro atoms. The lowest BCUT2D eigenvalue weighted by Crippen LogP contribution is -2.43. The minimum absolute atomic E-state index is 0.103. The lowest BCUT2D eigenvalue weighted by Gasteiger charge is -2.02. The van der Waals surface area contributed by atoms with E-state index in [0.29, 0.717) is 15.6 Å². The van der Waals surface area contributed by atoms with Crippen molar-refractivity contribution in [2.45, 2.75) is 10.8 Å². The molecule has 0 aliphatic carbocycles. The molecule has 1 aliphatic rings. The fourth-order valence-electron chi connectivity index (χ4n) is 2.69. The largest absolute Gasteiger partial charge is 0.433 e. The van der Waals surface area contributed by atoms with E-state index >= 15 is 0 Å². The molecule has 0 fully saturated rings. The Balaban J connectivity index is 1.51. The third-order valence-corrected chi connectivity index (χ3v) is 6.38. The molecular weight excluding hydrogens is 400 g/mol. The smallest absolute Gasteiger partial charge is 0.326 e. The van der Waals surface area contributed by atoms with Crippen molar-refractivity contribution in [3.8, 4) is 0 Å². The molecule has 27 heavy (non-hydrogen) atoms. The van der Waals surface area contributed by atoms with E-state index < -0.39 is 0 Å². The molecule has 3 aromatic rings. The molecule has 7 heteroatoms. The van der Waals surface area contributed by atoms with Gasteiger partial charge in [-0.2, -0.15) is 0 Å². The number of aromatic nitrogens is 1. The molecular formula is C20H14ClN2O2S2+. The normalized spacial score (nSPS) is 14.4.